The molecule has 0 aromatic heterocycles. The van der Waals surface area contributed by atoms with Crippen molar-refractivity contribution in [1.29, 1.82) is 0 Å². The normalized spacial score (nSPS) is 12.6. The Morgan fingerprint density at radius 3 is 2.20 bits per heavy atom. The molecule has 1 N–H and O–H groups in total. The Bertz CT molecular complexity index is 684. The van der Waals surface area contributed by atoms with Crippen LogP contribution in [0.25, 0.3) is 11.1 Å². The van der Waals surface area contributed by atoms with Crippen molar-refractivity contribution in [3.63, 3.8) is 0 Å². The van der Waals surface area contributed by atoms with Crippen molar-refractivity contribution in [1.82, 2.24) is 0 Å². The predicted molar refractivity (Wildman–Crippen MR) is 71.3 cm³/mol. The number of benzene rings is 2. The zero-order chi connectivity index (χ0) is 14.0. The molecule has 100 valence electrons. The van der Waals surface area contributed by atoms with E-state index in [0.29, 0.717) is 5.56 Å². The van der Waals surface area contributed by atoms with Crippen LogP contribution in [0.15, 0.2) is 48.5 Å². The van der Waals surface area contributed by atoms with E-state index in [1.807, 2.05) is 36.4 Å². The fourth-order valence-corrected chi connectivity index (χ4v) is 2.57. The molecule has 0 saturated carbocycles. The topological polar surface area (TPSA) is 77.4 Å². The van der Waals surface area contributed by atoms with Crippen LogP contribution in [0.2, 0.25) is 0 Å². The number of hydrogen-bond acceptors (Lipinski definition) is 4. The SMILES string of the molecule is Cc1c(-c2ccccc2)cccc1C(O)S(=O)(=O)[O-].[Na+]. The first-order chi connectivity index (χ1) is 8.91. The molecule has 6 heteroatoms. The van der Waals surface area contributed by atoms with E-state index in [-0.39, 0.29) is 35.1 Å². The average Bonchev–Trinajstić information content (AvgIpc) is 2.38. The van der Waals surface area contributed by atoms with E-state index in [9.17, 15) is 18.1 Å². The van der Waals surface area contributed by atoms with Gasteiger partial charge in [-0.15, -0.1) is 0 Å². The number of aliphatic hydroxyl groups is 1. The molecule has 0 radical (unpaired) electrons. The fraction of sp³-hybridized carbons (Fsp3) is 0.143. The Hall–Kier alpha value is -0.690. The summed E-state index contributed by atoms with van der Waals surface area (Å²) in [5.41, 5.74) is 0.367. The Kier molecular flexibility index (Phi) is 5.94. The molecular weight excluding hydrogens is 287 g/mol. The standard InChI is InChI=1S/C14H14O4S.Na/c1-10-12(11-6-3-2-4-7-11)8-5-9-13(10)14(15)19(16,17)18;/h2-9,14-15H,1H3,(H,16,17,18);/q;+1/p-1. The van der Waals surface area contributed by atoms with Crippen molar-refractivity contribution in [2.24, 2.45) is 0 Å². The van der Waals surface area contributed by atoms with E-state index < -0.39 is 15.6 Å². The Morgan fingerprint density at radius 1 is 1.05 bits per heavy atom. The molecule has 0 saturated heterocycles. The Labute approximate surface area is 140 Å². The Balaban J connectivity index is 0.00000200. The second kappa shape index (κ2) is 6.85. The van der Waals surface area contributed by atoms with Crippen LogP contribution in [0.4, 0.5) is 0 Å². The summed E-state index contributed by atoms with van der Waals surface area (Å²) in [4.78, 5) is 0. The van der Waals surface area contributed by atoms with Gasteiger partial charge in [-0.25, -0.2) is 8.42 Å². The van der Waals surface area contributed by atoms with Crippen molar-refractivity contribution in [3.8, 4) is 11.1 Å². The first-order valence-electron chi connectivity index (χ1n) is 5.69. The van der Waals surface area contributed by atoms with Gasteiger partial charge in [0.05, 0.1) is 0 Å². The van der Waals surface area contributed by atoms with E-state index >= 15 is 0 Å². The zero-order valence-corrected chi connectivity index (χ0v) is 14.1. The molecule has 0 heterocycles. The maximum absolute atomic E-state index is 10.9. The van der Waals surface area contributed by atoms with Gasteiger partial charge in [0.25, 0.3) is 0 Å². The molecule has 2 aromatic carbocycles. The number of aliphatic hydroxyl groups excluding tert-OH is 1. The van der Waals surface area contributed by atoms with Crippen LogP contribution in [-0.2, 0) is 10.1 Å². The molecule has 20 heavy (non-hydrogen) atoms. The van der Waals surface area contributed by atoms with Crippen LogP contribution in [-0.4, -0.2) is 18.1 Å². The van der Waals surface area contributed by atoms with Gasteiger partial charge >= 0.3 is 29.6 Å². The van der Waals surface area contributed by atoms with Crippen molar-refractivity contribution >= 4 is 10.1 Å². The molecule has 2 rings (SSSR count). The van der Waals surface area contributed by atoms with Crippen molar-refractivity contribution < 1.29 is 47.6 Å². The molecule has 4 nitrogen and oxygen atoms in total. The number of hydrogen-bond donors (Lipinski definition) is 1. The van der Waals surface area contributed by atoms with Gasteiger partial charge in [0.15, 0.2) is 5.44 Å². The van der Waals surface area contributed by atoms with Crippen LogP contribution in [0, 0.1) is 6.92 Å². The van der Waals surface area contributed by atoms with E-state index in [4.69, 9.17) is 0 Å². The quantitative estimate of drug-likeness (QED) is 0.595. The molecule has 0 bridgehead atoms. The molecule has 0 aliphatic rings. The molecule has 0 aliphatic carbocycles. The average molecular weight is 300 g/mol. The predicted octanol–water partition coefficient (Wildman–Crippen LogP) is -0.798. The smallest absolute Gasteiger partial charge is 0.746 e. The van der Waals surface area contributed by atoms with Gasteiger partial charge in [0.2, 0.25) is 0 Å². The van der Waals surface area contributed by atoms with Crippen LogP contribution < -0.4 is 29.6 Å². The summed E-state index contributed by atoms with van der Waals surface area (Å²) in [5.74, 6) is 0. The van der Waals surface area contributed by atoms with E-state index in [1.54, 1.807) is 13.0 Å². The van der Waals surface area contributed by atoms with Gasteiger partial charge < -0.3 is 9.66 Å². The molecule has 2 aromatic rings. The first kappa shape index (κ1) is 17.4. The largest absolute Gasteiger partial charge is 1.00 e. The van der Waals surface area contributed by atoms with Crippen molar-refractivity contribution in [2.45, 2.75) is 12.4 Å². The summed E-state index contributed by atoms with van der Waals surface area (Å²) in [5, 5.41) is 9.61. The van der Waals surface area contributed by atoms with Crippen molar-refractivity contribution in [2.75, 3.05) is 0 Å². The van der Waals surface area contributed by atoms with Crippen molar-refractivity contribution in [3.05, 3.63) is 59.7 Å². The van der Waals surface area contributed by atoms with Crippen LogP contribution in [0.1, 0.15) is 16.6 Å². The summed E-state index contributed by atoms with van der Waals surface area (Å²) < 4.78 is 32.8. The summed E-state index contributed by atoms with van der Waals surface area (Å²) in [6.45, 7) is 1.69. The fourth-order valence-electron chi connectivity index (χ4n) is 2.01. The van der Waals surface area contributed by atoms with Gasteiger partial charge in [-0.05, 0) is 29.2 Å². The molecule has 0 aliphatic heterocycles. The monoisotopic (exact) mass is 300 g/mol. The first-order valence-corrected chi connectivity index (χ1v) is 7.16. The summed E-state index contributed by atoms with van der Waals surface area (Å²) in [7, 11) is -4.77. The molecule has 0 fully saturated rings. The minimum absolute atomic E-state index is 0. The molecule has 1 atom stereocenters. The van der Waals surface area contributed by atoms with E-state index in [0.717, 1.165) is 11.1 Å². The second-order valence-electron chi connectivity index (χ2n) is 4.23. The summed E-state index contributed by atoms with van der Waals surface area (Å²) >= 11 is 0. The van der Waals surface area contributed by atoms with Crippen LogP contribution in [0.3, 0.4) is 0 Å². The zero-order valence-electron chi connectivity index (χ0n) is 11.3. The van der Waals surface area contributed by atoms with Crippen LogP contribution >= 0.6 is 0 Å². The molecule has 0 spiro atoms. The second-order valence-corrected chi connectivity index (χ2v) is 5.66. The third kappa shape index (κ3) is 3.69. The maximum Gasteiger partial charge on any atom is 1.00 e. The van der Waals surface area contributed by atoms with E-state index in [1.165, 1.54) is 6.07 Å². The summed E-state index contributed by atoms with van der Waals surface area (Å²) in [6, 6.07) is 14.2. The van der Waals surface area contributed by atoms with Crippen LogP contribution in [0.5, 0.6) is 0 Å². The van der Waals surface area contributed by atoms with E-state index in [2.05, 4.69) is 0 Å². The van der Waals surface area contributed by atoms with Gasteiger partial charge in [-0.3, -0.25) is 0 Å². The van der Waals surface area contributed by atoms with Gasteiger partial charge in [-0.1, -0.05) is 48.5 Å². The maximum atomic E-state index is 10.9. The molecular formula is C14H13NaO4S. The number of rotatable bonds is 3. The third-order valence-electron chi connectivity index (χ3n) is 3.00. The minimum atomic E-state index is -4.77. The third-order valence-corrected chi connectivity index (χ3v) is 3.80. The van der Waals surface area contributed by atoms with Gasteiger partial charge in [-0.2, -0.15) is 0 Å². The molecule has 0 amide bonds. The minimum Gasteiger partial charge on any atom is -0.746 e. The summed E-state index contributed by atoms with van der Waals surface area (Å²) in [6.07, 6.45) is 0. The molecule has 1 unspecified atom stereocenters. The van der Waals surface area contributed by atoms with Gasteiger partial charge in [0, 0.05) is 0 Å². The Morgan fingerprint density at radius 2 is 1.65 bits per heavy atom. The van der Waals surface area contributed by atoms with Gasteiger partial charge in [0.1, 0.15) is 10.1 Å².